The third kappa shape index (κ3) is 5.66. The van der Waals surface area contributed by atoms with Crippen LogP contribution in [0, 0.1) is 34.5 Å². The van der Waals surface area contributed by atoms with Crippen LogP contribution in [-0.2, 0) is 26.2 Å². The maximum absolute atomic E-state index is 13.7. The number of halogens is 3. The van der Waals surface area contributed by atoms with Crippen molar-refractivity contribution in [1.82, 2.24) is 41.1 Å². The Hall–Kier alpha value is -3.77. The van der Waals surface area contributed by atoms with Crippen molar-refractivity contribution < 1.29 is 32.3 Å². The number of nitrogens with one attached hydrogen (secondary N) is 3. The largest absolute Gasteiger partial charge is 0.471 e. The minimum Gasteiger partial charge on any atom is -0.356 e. The second-order valence-corrected chi connectivity index (χ2v) is 11.3. The number of likely N-dealkylation sites (tertiary alicyclic amines) is 1. The second kappa shape index (κ2) is 10.1. The molecule has 0 radical (unpaired) electrons. The summed E-state index contributed by atoms with van der Waals surface area (Å²) >= 11 is 0. The fraction of sp³-hybridized carbons (Fsp3) is 0.739. The SMILES string of the molecule is Cn1nnc(C2[C@H]3[C@@H]2CN(C(=O)[C@@H](NC(=O)C(F)(F)F)C(C)(C)C)[C@@H]3C(=O)N[C@H](C#N)C[C@@H]2CCNC2=O)n1. The molecule has 0 spiro atoms. The van der Waals surface area contributed by atoms with Gasteiger partial charge in [-0.3, -0.25) is 19.2 Å². The third-order valence-electron chi connectivity index (χ3n) is 7.51. The van der Waals surface area contributed by atoms with Crippen LogP contribution in [-0.4, -0.2) is 86.1 Å². The predicted molar refractivity (Wildman–Crippen MR) is 125 cm³/mol. The van der Waals surface area contributed by atoms with Crippen molar-refractivity contribution in [3.05, 3.63) is 5.82 Å². The molecule has 2 saturated heterocycles. The van der Waals surface area contributed by atoms with Crippen molar-refractivity contribution in [3.8, 4) is 6.07 Å². The van der Waals surface area contributed by atoms with Crippen molar-refractivity contribution in [2.45, 2.75) is 63.8 Å². The van der Waals surface area contributed by atoms with E-state index in [-0.39, 0.29) is 30.7 Å². The molecule has 3 aliphatic rings. The Kier molecular flexibility index (Phi) is 7.30. The van der Waals surface area contributed by atoms with Crippen LogP contribution in [0.3, 0.4) is 0 Å². The number of nitrogens with zero attached hydrogens (tertiary/aromatic N) is 6. The minimum absolute atomic E-state index is 0.0151. The van der Waals surface area contributed by atoms with E-state index in [0.29, 0.717) is 18.8 Å². The Labute approximate surface area is 221 Å². The van der Waals surface area contributed by atoms with Crippen LogP contribution in [0.2, 0.25) is 0 Å². The Morgan fingerprint density at radius 1 is 1.23 bits per heavy atom. The maximum atomic E-state index is 13.7. The van der Waals surface area contributed by atoms with Gasteiger partial charge in [0.1, 0.15) is 18.1 Å². The van der Waals surface area contributed by atoms with Gasteiger partial charge in [-0.05, 0) is 29.4 Å². The van der Waals surface area contributed by atoms with Crippen LogP contribution in [0.1, 0.15) is 45.4 Å². The van der Waals surface area contributed by atoms with Crippen molar-refractivity contribution in [1.29, 1.82) is 5.26 Å². The molecular weight excluding hydrogens is 523 g/mol. The molecule has 13 nitrogen and oxygen atoms in total. The summed E-state index contributed by atoms with van der Waals surface area (Å²) in [5, 5.41) is 28.7. The lowest BCUT2D eigenvalue weighted by Gasteiger charge is -2.37. The molecule has 1 aliphatic carbocycles. The number of carbonyl (C=O) groups is 4. The topological polar surface area (TPSA) is 175 Å². The van der Waals surface area contributed by atoms with E-state index in [1.54, 1.807) is 12.4 Å². The first-order valence-corrected chi connectivity index (χ1v) is 12.5. The first kappa shape index (κ1) is 28.2. The monoisotopic (exact) mass is 553 g/mol. The molecule has 39 heavy (non-hydrogen) atoms. The highest BCUT2D eigenvalue weighted by Gasteiger charge is 2.67. The first-order chi connectivity index (χ1) is 18.1. The maximum Gasteiger partial charge on any atom is 0.471 e. The Balaban J connectivity index is 1.58. The Morgan fingerprint density at radius 2 is 1.92 bits per heavy atom. The van der Waals surface area contributed by atoms with Crippen molar-refractivity contribution in [2.75, 3.05) is 13.1 Å². The molecule has 0 aromatic carbocycles. The quantitative estimate of drug-likeness (QED) is 0.400. The van der Waals surface area contributed by atoms with Gasteiger partial charge in [-0.25, -0.2) is 0 Å². The number of carbonyl (C=O) groups excluding carboxylic acids is 4. The standard InChI is InChI=1S/C23H30F3N9O4/c1-22(2,3)16(30-21(39)23(24,25)26)20(38)35-9-12-13(14(12)17-31-33-34(4)32-17)15(35)19(37)29-11(8-27)7-10-5-6-28-18(10)36/h10-16H,5-7,9H2,1-4H3,(H,28,36)(H,29,37)(H,30,39)/t10-,11-,12-,13+,14?,15-,16+/m0/s1. The molecule has 3 N–H and O–H groups in total. The Morgan fingerprint density at radius 3 is 2.44 bits per heavy atom. The van der Waals surface area contributed by atoms with Crippen LogP contribution in [0.15, 0.2) is 0 Å². The van der Waals surface area contributed by atoms with Gasteiger partial charge in [-0.2, -0.15) is 23.2 Å². The van der Waals surface area contributed by atoms with Gasteiger partial charge >= 0.3 is 12.1 Å². The number of aromatic nitrogens is 4. The molecule has 1 unspecified atom stereocenters. The first-order valence-electron chi connectivity index (χ1n) is 12.5. The number of tetrazole rings is 1. The fourth-order valence-corrected chi connectivity index (χ4v) is 5.54. The predicted octanol–water partition coefficient (Wildman–Crippen LogP) is -0.622. The highest BCUT2D eigenvalue weighted by Crippen LogP contribution is 2.60. The highest BCUT2D eigenvalue weighted by atomic mass is 19.4. The molecule has 1 aromatic rings. The summed E-state index contributed by atoms with van der Waals surface area (Å²) < 4.78 is 39.1. The number of rotatable bonds is 7. The van der Waals surface area contributed by atoms with Gasteiger partial charge in [0, 0.05) is 30.8 Å². The average Bonchev–Trinajstić information content (AvgIpc) is 3.18. The van der Waals surface area contributed by atoms with E-state index in [9.17, 15) is 37.6 Å². The molecule has 4 rings (SSSR count). The lowest BCUT2D eigenvalue weighted by atomic mass is 9.85. The van der Waals surface area contributed by atoms with E-state index >= 15 is 0 Å². The van der Waals surface area contributed by atoms with Crippen LogP contribution in [0.5, 0.6) is 0 Å². The molecule has 4 amide bonds. The summed E-state index contributed by atoms with van der Waals surface area (Å²) in [4.78, 5) is 53.4. The van der Waals surface area contributed by atoms with Crippen LogP contribution in [0.25, 0.3) is 0 Å². The molecule has 0 bridgehead atoms. The number of piperidine rings is 1. The van der Waals surface area contributed by atoms with E-state index in [0.717, 1.165) is 0 Å². The number of fused-ring (bicyclic) bond motifs is 1. The van der Waals surface area contributed by atoms with E-state index in [1.165, 1.54) is 30.5 Å². The van der Waals surface area contributed by atoms with E-state index in [2.05, 4.69) is 26.0 Å². The van der Waals surface area contributed by atoms with Crippen molar-refractivity contribution >= 4 is 23.6 Å². The number of hydrogen-bond acceptors (Lipinski definition) is 8. The fourth-order valence-electron chi connectivity index (χ4n) is 5.54. The average molecular weight is 554 g/mol. The zero-order valence-electron chi connectivity index (χ0n) is 21.8. The Bertz CT molecular complexity index is 1200. The molecule has 1 saturated carbocycles. The second-order valence-electron chi connectivity index (χ2n) is 11.3. The van der Waals surface area contributed by atoms with Crippen molar-refractivity contribution in [2.24, 2.45) is 30.2 Å². The van der Waals surface area contributed by atoms with Crippen LogP contribution >= 0.6 is 0 Å². The number of nitriles is 1. The van der Waals surface area contributed by atoms with E-state index in [4.69, 9.17) is 0 Å². The summed E-state index contributed by atoms with van der Waals surface area (Å²) in [5.74, 6) is -5.14. The number of hydrogen-bond donors (Lipinski definition) is 3. The molecule has 7 atom stereocenters. The summed E-state index contributed by atoms with van der Waals surface area (Å²) in [5.41, 5.74) is -1.12. The van der Waals surface area contributed by atoms with Gasteiger partial charge in [-0.1, -0.05) is 20.8 Å². The van der Waals surface area contributed by atoms with Gasteiger partial charge in [0.15, 0.2) is 5.82 Å². The van der Waals surface area contributed by atoms with Crippen LogP contribution in [0.4, 0.5) is 13.2 Å². The van der Waals surface area contributed by atoms with E-state index < -0.39 is 59.3 Å². The number of alkyl halides is 3. The smallest absolute Gasteiger partial charge is 0.356 e. The molecular formula is C23H30F3N9O4. The summed E-state index contributed by atoms with van der Waals surface area (Å²) in [6.07, 6.45) is -4.62. The molecule has 3 fully saturated rings. The molecule has 16 heteroatoms. The van der Waals surface area contributed by atoms with Gasteiger partial charge in [-0.15, -0.1) is 10.2 Å². The highest BCUT2D eigenvalue weighted by molar-refractivity contribution is 5.95. The zero-order valence-corrected chi connectivity index (χ0v) is 21.8. The molecule has 212 valence electrons. The van der Waals surface area contributed by atoms with Gasteiger partial charge < -0.3 is 20.9 Å². The minimum atomic E-state index is -5.21. The lowest BCUT2D eigenvalue weighted by molar-refractivity contribution is -0.176. The van der Waals surface area contributed by atoms with Gasteiger partial charge in [0.05, 0.1) is 13.1 Å². The van der Waals surface area contributed by atoms with Gasteiger partial charge in [0.25, 0.3) is 0 Å². The normalized spacial score (nSPS) is 27.7. The summed E-state index contributed by atoms with van der Waals surface area (Å²) in [6, 6.07) is -1.79. The third-order valence-corrected chi connectivity index (χ3v) is 7.51. The van der Waals surface area contributed by atoms with Gasteiger partial charge in [0.2, 0.25) is 17.7 Å². The van der Waals surface area contributed by atoms with E-state index in [1.807, 2.05) is 6.07 Å². The number of amides is 4. The summed E-state index contributed by atoms with van der Waals surface area (Å²) in [7, 11) is 1.57. The lowest BCUT2D eigenvalue weighted by Crippen LogP contribution is -2.60. The zero-order chi connectivity index (χ0) is 28.9. The van der Waals surface area contributed by atoms with Crippen LogP contribution < -0.4 is 16.0 Å². The summed E-state index contributed by atoms with van der Waals surface area (Å²) in [6.45, 7) is 4.99. The molecule has 3 heterocycles. The molecule has 1 aromatic heterocycles. The van der Waals surface area contributed by atoms with Crippen molar-refractivity contribution in [3.63, 3.8) is 0 Å². The number of aryl methyl sites for hydroxylation is 1. The molecule has 2 aliphatic heterocycles.